The third-order valence-electron chi connectivity index (χ3n) is 2.07. The molecular weight excluding hydrogens is 162 g/mol. The van der Waals surface area contributed by atoms with Gasteiger partial charge in [0.05, 0.1) is 11.4 Å². The summed E-state index contributed by atoms with van der Waals surface area (Å²) in [5.41, 5.74) is 9.75. The molecule has 5 N–H and O–H groups in total. The zero-order valence-corrected chi connectivity index (χ0v) is 7.12. The van der Waals surface area contributed by atoms with Gasteiger partial charge in [0.25, 0.3) is 0 Å². The van der Waals surface area contributed by atoms with Gasteiger partial charge in [-0.3, -0.25) is 5.84 Å². The number of anilines is 2. The summed E-state index contributed by atoms with van der Waals surface area (Å²) >= 11 is 0. The maximum Gasteiger partial charge on any atom is 0.0722 e. The van der Waals surface area contributed by atoms with Gasteiger partial charge < -0.3 is 11.2 Å². The van der Waals surface area contributed by atoms with Crippen LogP contribution in [0.3, 0.4) is 0 Å². The number of hydrazine groups is 1. The highest BCUT2D eigenvalue weighted by molar-refractivity contribution is 5.91. The Kier molecular flexibility index (Phi) is 1.79. The first-order valence-corrected chi connectivity index (χ1v) is 4.06. The number of benzene rings is 2. The number of fused-ring (bicyclic) bond motifs is 1. The molecule has 0 atom stereocenters. The van der Waals surface area contributed by atoms with Crippen molar-refractivity contribution >= 4 is 22.1 Å². The molecule has 66 valence electrons. The van der Waals surface area contributed by atoms with Crippen LogP contribution in [0.15, 0.2) is 36.4 Å². The van der Waals surface area contributed by atoms with Crippen molar-refractivity contribution in [3.8, 4) is 0 Å². The second-order valence-electron chi connectivity index (χ2n) is 2.93. The van der Waals surface area contributed by atoms with E-state index in [1.807, 2.05) is 36.4 Å². The van der Waals surface area contributed by atoms with Gasteiger partial charge in [-0.2, -0.15) is 0 Å². The standard InChI is InChI=1S/C10H11N3/c11-9-5-7-3-1-2-4-8(7)6-10(9)13-12/h1-6,13H,11-12H2. The Hall–Kier alpha value is -1.74. The molecule has 3 nitrogen and oxygen atoms in total. The summed E-state index contributed by atoms with van der Waals surface area (Å²) in [5.74, 6) is 5.31. The minimum absolute atomic E-state index is 0.668. The maximum absolute atomic E-state index is 5.75. The molecule has 0 heterocycles. The maximum atomic E-state index is 5.75. The molecule has 2 rings (SSSR count). The zero-order valence-electron chi connectivity index (χ0n) is 7.12. The highest BCUT2D eigenvalue weighted by Crippen LogP contribution is 2.24. The van der Waals surface area contributed by atoms with E-state index in [-0.39, 0.29) is 0 Å². The molecule has 0 saturated carbocycles. The minimum Gasteiger partial charge on any atom is -0.397 e. The normalized spacial score (nSPS) is 10.2. The van der Waals surface area contributed by atoms with Gasteiger partial charge >= 0.3 is 0 Å². The Morgan fingerprint density at radius 3 is 2.23 bits per heavy atom. The third kappa shape index (κ3) is 1.29. The van der Waals surface area contributed by atoms with E-state index in [1.165, 1.54) is 0 Å². The molecule has 0 radical (unpaired) electrons. The topological polar surface area (TPSA) is 64.1 Å². The molecule has 0 bridgehead atoms. The van der Waals surface area contributed by atoms with E-state index < -0.39 is 0 Å². The molecular formula is C10H11N3. The van der Waals surface area contributed by atoms with Gasteiger partial charge in [0.1, 0.15) is 0 Å². The molecule has 0 aliphatic carbocycles. The van der Waals surface area contributed by atoms with Crippen LogP contribution in [0.1, 0.15) is 0 Å². The van der Waals surface area contributed by atoms with E-state index in [9.17, 15) is 0 Å². The smallest absolute Gasteiger partial charge is 0.0722 e. The predicted octanol–water partition coefficient (Wildman–Crippen LogP) is 1.71. The molecule has 3 heteroatoms. The molecule has 2 aromatic rings. The van der Waals surface area contributed by atoms with Crippen LogP contribution >= 0.6 is 0 Å². The largest absolute Gasteiger partial charge is 0.397 e. The highest BCUT2D eigenvalue weighted by Gasteiger charge is 1.98. The van der Waals surface area contributed by atoms with Crippen LogP contribution in [-0.2, 0) is 0 Å². The van der Waals surface area contributed by atoms with Crippen LogP contribution in [0.25, 0.3) is 10.8 Å². The Balaban J connectivity index is 2.74. The first-order chi connectivity index (χ1) is 6.31. The molecule has 0 aromatic heterocycles. The van der Waals surface area contributed by atoms with Crippen LogP contribution in [-0.4, -0.2) is 0 Å². The molecule has 0 saturated heterocycles. The molecule has 0 amide bonds. The Morgan fingerprint density at radius 1 is 1.00 bits per heavy atom. The Labute approximate surface area is 76.3 Å². The second-order valence-corrected chi connectivity index (χ2v) is 2.93. The number of nitrogen functional groups attached to an aromatic ring is 2. The fourth-order valence-electron chi connectivity index (χ4n) is 1.38. The molecule has 2 aromatic carbocycles. The first-order valence-electron chi connectivity index (χ1n) is 4.06. The van der Waals surface area contributed by atoms with Crippen LogP contribution in [0, 0.1) is 0 Å². The summed E-state index contributed by atoms with van der Waals surface area (Å²) in [7, 11) is 0. The summed E-state index contributed by atoms with van der Waals surface area (Å²) < 4.78 is 0. The summed E-state index contributed by atoms with van der Waals surface area (Å²) in [6, 6.07) is 11.9. The molecule has 0 aliphatic rings. The number of nitrogens with two attached hydrogens (primary N) is 2. The van der Waals surface area contributed by atoms with E-state index in [1.54, 1.807) is 0 Å². The second kappa shape index (κ2) is 2.95. The van der Waals surface area contributed by atoms with Crippen molar-refractivity contribution in [1.82, 2.24) is 0 Å². The average Bonchev–Trinajstić information content (AvgIpc) is 2.17. The summed E-state index contributed by atoms with van der Waals surface area (Å²) in [6.07, 6.45) is 0. The molecule has 0 aliphatic heterocycles. The lowest BCUT2D eigenvalue weighted by molar-refractivity contribution is 1.36. The van der Waals surface area contributed by atoms with Gasteiger partial charge in [-0.15, -0.1) is 0 Å². The van der Waals surface area contributed by atoms with Crippen LogP contribution < -0.4 is 17.0 Å². The van der Waals surface area contributed by atoms with Crippen molar-refractivity contribution in [2.24, 2.45) is 5.84 Å². The number of nitrogens with one attached hydrogen (secondary N) is 1. The van der Waals surface area contributed by atoms with Gasteiger partial charge in [-0.05, 0) is 22.9 Å². The molecule has 0 fully saturated rings. The quantitative estimate of drug-likeness (QED) is 0.349. The lowest BCUT2D eigenvalue weighted by Gasteiger charge is -2.06. The lowest BCUT2D eigenvalue weighted by atomic mass is 10.1. The minimum atomic E-state index is 0.668. The summed E-state index contributed by atoms with van der Waals surface area (Å²) in [4.78, 5) is 0. The highest BCUT2D eigenvalue weighted by atomic mass is 15.2. The fraction of sp³-hybridized carbons (Fsp3) is 0. The van der Waals surface area contributed by atoms with Crippen molar-refractivity contribution in [2.45, 2.75) is 0 Å². The monoisotopic (exact) mass is 173 g/mol. The van der Waals surface area contributed by atoms with Crippen LogP contribution in [0.4, 0.5) is 11.4 Å². The molecule has 13 heavy (non-hydrogen) atoms. The summed E-state index contributed by atoms with van der Waals surface area (Å²) in [5, 5.41) is 2.25. The van der Waals surface area contributed by atoms with Crippen molar-refractivity contribution in [2.75, 3.05) is 11.2 Å². The fourth-order valence-corrected chi connectivity index (χ4v) is 1.38. The number of hydrogen-bond donors (Lipinski definition) is 3. The van der Waals surface area contributed by atoms with Gasteiger partial charge in [0.15, 0.2) is 0 Å². The van der Waals surface area contributed by atoms with Crippen molar-refractivity contribution in [1.29, 1.82) is 0 Å². The van der Waals surface area contributed by atoms with Gasteiger partial charge in [-0.25, -0.2) is 0 Å². The van der Waals surface area contributed by atoms with Crippen molar-refractivity contribution in [3.63, 3.8) is 0 Å². The van der Waals surface area contributed by atoms with E-state index in [2.05, 4.69) is 5.43 Å². The predicted molar refractivity (Wildman–Crippen MR) is 56.2 cm³/mol. The van der Waals surface area contributed by atoms with E-state index in [0.717, 1.165) is 16.5 Å². The van der Waals surface area contributed by atoms with E-state index in [4.69, 9.17) is 11.6 Å². The number of hydrogen-bond acceptors (Lipinski definition) is 3. The Morgan fingerprint density at radius 2 is 1.62 bits per heavy atom. The zero-order chi connectivity index (χ0) is 9.26. The Bertz CT molecular complexity index is 437. The van der Waals surface area contributed by atoms with Gasteiger partial charge in [0, 0.05) is 0 Å². The lowest BCUT2D eigenvalue weighted by Crippen LogP contribution is -2.08. The summed E-state index contributed by atoms with van der Waals surface area (Å²) in [6.45, 7) is 0. The first kappa shape index (κ1) is 7.89. The number of rotatable bonds is 1. The SMILES string of the molecule is NNc1cc2ccccc2cc1N. The van der Waals surface area contributed by atoms with Gasteiger partial charge in [-0.1, -0.05) is 24.3 Å². The van der Waals surface area contributed by atoms with Crippen molar-refractivity contribution < 1.29 is 0 Å². The van der Waals surface area contributed by atoms with Crippen LogP contribution in [0.2, 0.25) is 0 Å². The van der Waals surface area contributed by atoms with E-state index >= 15 is 0 Å². The van der Waals surface area contributed by atoms with Gasteiger partial charge in [0.2, 0.25) is 0 Å². The average molecular weight is 173 g/mol. The van der Waals surface area contributed by atoms with E-state index in [0.29, 0.717) is 5.69 Å². The third-order valence-corrected chi connectivity index (χ3v) is 2.07. The molecule has 0 unspecified atom stereocenters. The van der Waals surface area contributed by atoms with Crippen LogP contribution in [0.5, 0.6) is 0 Å². The molecule has 0 spiro atoms. The van der Waals surface area contributed by atoms with Crippen molar-refractivity contribution in [3.05, 3.63) is 36.4 Å².